The van der Waals surface area contributed by atoms with E-state index in [9.17, 15) is 14.0 Å². The van der Waals surface area contributed by atoms with Gasteiger partial charge in [0.25, 0.3) is 5.91 Å². The van der Waals surface area contributed by atoms with E-state index in [2.05, 4.69) is 5.32 Å². The van der Waals surface area contributed by atoms with E-state index in [-0.39, 0.29) is 17.1 Å². The number of carbonyl (C=O) groups excluding carboxylic acids is 2. The minimum Gasteiger partial charge on any atom is -0.462 e. The maximum Gasteiger partial charge on any atom is 0.338 e. The lowest BCUT2D eigenvalue weighted by Gasteiger charge is -2.06. The molecule has 0 saturated heterocycles. The normalized spacial score (nSPS) is 10.4. The standard InChI is InChI=1S/C21H18FNO4/c1-2-13-26-21(25)14-7-9-15(10-8-14)23-20(24)19-12-11-18(27-19)16-5-3-4-6-17(16)22/h3-12H,2,13H2,1H3,(H,23,24). The number of furan rings is 1. The van der Waals surface area contributed by atoms with Crippen LogP contribution < -0.4 is 5.32 Å². The predicted molar refractivity (Wildman–Crippen MR) is 99.1 cm³/mol. The van der Waals surface area contributed by atoms with Crippen LogP contribution >= 0.6 is 0 Å². The van der Waals surface area contributed by atoms with Gasteiger partial charge in [-0.3, -0.25) is 4.79 Å². The van der Waals surface area contributed by atoms with Gasteiger partial charge in [0.05, 0.1) is 17.7 Å². The van der Waals surface area contributed by atoms with Crippen LogP contribution in [0.5, 0.6) is 0 Å². The fourth-order valence-electron chi connectivity index (χ4n) is 2.43. The van der Waals surface area contributed by atoms with Gasteiger partial charge in [0, 0.05) is 5.69 Å². The number of rotatable bonds is 6. The van der Waals surface area contributed by atoms with Crippen LogP contribution in [0.3, 0.4) is 0 Å². The lowest BCUT2D eigenvalue weighted by Crippen LogP contribution is -2.11. The Morgan fingerprint density at radius 2 is 1.78 bits per heavy atom. The maximum absolute atomic E-state index is 13.8. The number of benzene rings is 2. The van der Waals surface area contributed by atoms with Crippen molar-refractivity contribution in [3.8, 4) is 11.3 Å². The van der Waals surface area contributed by atoms with Crippen molar-refractivity contribution in [2.75, 3.05) is 11.9 Å². The fraction of sp³-hybridized carbons (Fsp3) is 0.143. The molecule has 2 aromatic carbocycles. The fourth-order valence-corrected chi connectivity index (χ4v) is 2.43. The first kappa shape index (κ1) is 18.4. The quantitative estimate of drug-likeness (QED) is 0.629. The molecule has 0 aliphatic rings. The minimum atomic E-state index is -0.473. The Balaban J connectivity index is 1.67. The Kier molecular flexibility index (Phi) is 5.66. The first-order valence-corrected chi connectivity index (χ1v) is 8.51. The molecule has 138 valence electrons. The van der Waals surface area contributed by atoms with Crippen LogP contribution in [0.4, 0.5) is 10.1 Å². The molecule has 0 fully saturated rings. The summed E-state index contributed by atoms with van der Waals surface area (Å²) >= 11 is 0. The molecule has 1 amide bonds. The molecule has 1 heterocycles. The summed E-state index contributed by atoms with van der Waals surface area (Å²) < 4.78 is 24.3. The maximum atomic E-state index is 13.8. The van der Waals surface area contributed by atoms with Crippen molar-refractivity contribution in [3.05, 3.63) is 77.8 Å². The Morgan fingerprint density at radius 3 is 2.48 bits per heavy atom. The highest BCUT2D eigenvalue weighted by atomic mass is 19.1. The molecule has 5 nitrogen and oxygen atoms in total. The number of hydrogen-bond donors (Lipinski definition) is 1. The molecule has 0 aliphatic carbocycles. The van der Waals surface area contributed by atoms with Gasteiger partial charge in [0.2, 0.25) is 0 Å². The molecule has 1 N–H and O–H groups in total. The SMILES string of the molecule is CCCOC(=O)c1ccc(NC(=O)c2ccc(-c3ccccc3F)o2)cc1. The van der Waals surface area contributed by atoms with Crippen LogP contribution in [0, 0.1) is 5.82 Å². The second-order valence-electron chi connectivity index (χ2n) is 5.81. The molecule has 0 aliphatic heterocycles. The van der Waals surface area contributed by atoms with E-state index >= 15 is 0 Å². The van der Waals surface area contributed by atoms with Crippen molar-refractivity contribution in [2.24, 2.45) is 0 Å². The average molecular weight is 367 g/mol. The van der Waals surface area contributed by atoms with Gasteiger partial charge in [-0.1, -0.05) is 19.1 Å². The summed E-state index contributed by atoms with van der Waals surface area (Å²) in [4.78, 5) is 24.1. The van der Waals surface area contributed by atoms with Crippen molar-refractivity contribution in [1.82, 2.24) is 0 Å². The second kappa shape index (κ2) is 8.31. The summed E-state index contributed by atoms with van der Waals surface area (Å²) in [6.45, 7) is 2.28. The summed E-state index contributed by atoms with van der Waals surface area (Å²) in [5.74, 6) is -0.981. The lowest BCUT2D eigenvalue weighted by molar-refractivity contribution is 0.0505. The largest absolute Gasteiger partial charge is 0.462 e. The van der Waals surface area contributed by atoms with Crippen LogP contribution in [0.1, 0.15) is 34.3 Å². The summed E-state index contributed by atoms with van der Waals surface area (Å²) in [5.41, 5.74) is 1.18. The van der Waals surface area contributed by atoms with Gasteiger partial charge in [-0.2, -0.15) is 0 Å². The van der Waals surface area contributed by atoms with Crippen LogP contribution in [0.25, 0.3) is 11.3 Å². The summed E-state index contributed by atoms with van der Waals surface area (Å²) in [6.07, 6.45) is 0.748. The van der Waals surface area contributed by atoms with Crippen LogP contribution in [-0.2, 0) is 4.74 Å². The Hall–Kier alpha value is -3.41. The molecule has 6 heteroatoms. The predicted octanol–water partition coefficient (Wildman–Crippen LogP) is 4.90. The van der Waals surface area contributed by atoms with E-state index in [0.717, 1.165) is 6.42 Å². The first-order chi connectivity index (χ1) is 13.1. The molecule has 3 aromatic rings. The van der Waals surface area contributed by atoms with Crippen molar-refractivity contribution in [2.45, 2.75) is 13.3 Å². The van der Waals surface area contributed by atoms with Gasteiger partial charge in [-0.15, -0.1) is 0 Å². The van der Waals surface area contributed by atoms with E-state index in [1.165, 1.54) is 12.1 Å². The van der Waals surface area contributed by atoms with E-state index in [1.807, 2.05) is 6.92 Å². The highest BCUT2D eigenvalue weighted by Crippen LogP contribution is 2.25. The van der Waals surface area contributed by atoms with Gasteiger partial charge < -0.3 is 14.5 Å². The smallest absolute Gasteiger partial charge is 0.338 e. The van der Waals surface area contributed by atoms with Gasteiger partial charge in [0.15, 0.2) is 5.76 Å². The lowest BCUT2D eigenvalue weighted by atomic mass is 10.1. The number of amides is 1. The summed E-state index contributed by atoms with van der Waals surface area (Å²) in [7, 11) is 0. The van der Waals surface area contributed by atoms with Crippen molar-refractivity contribution in [3.63, 3.8) is 0 Å². The highest BCUT2D eigenvalue weighted by Gasteiger charge is 2.15. The zero-order chi connectivity index (χ0) is 19.2. The number of carbonyl (C=O) groups is 2. The number of esters is 1. The summed E-state index contributed by atoms with van der Waals surface area (Å²) in [6, 6.07) is 15.5. The first-order valence-electron chi connectivity index (χ1n) is 8.51. The molecular formula is C21H18FNO4. The third-order valence-electron chi connectivity index (χ3n) is 3.78. The van der Waals surface area contributed by atoms with Crippen LogP contribution in [-0.4, -0.2) is 18.5 Å². The molecule has 0 bridgehead atoms. The van der Waals surface area contributed by atoms with Crippen LogP contribution in [0.15, 0.2) is 65.1 Å². The van der Waals surface area contributed by atoms with E-state index in [1.54, 1.807) is 48.5 Å². The average Bonchev–Trinajstić information content (AvgIpc) is 3.17. The molecule has 0 saturated carbocycles. The Bertz CT molecular complexity index is 947. The molecular weight excluding hydrogens is 349 g/mol. The number of ether oxygens (including phenoxy) is 1. The van der Waals surface area contributed by atoms with E-state index in [4.69, 9.17) is 9.15 Å². The minimum absolute atomic E-state index is 0.0553. The molecule has 3 rings (SSSR count). The third kappa shape index (κ3) is 4.41. The summed E-state index contributed by atoms with van der Waals surface area (Å²) in [5, 5.41) is 2.67. The monoisotopic (exact) mass is 367 g/mol. The highest BCUT2D eigenvalue weighted by molar-refractivity contribution is 6.02. The molecule has 1 aromatic heterocycles. The molecule has 27 heavy (non-hydrogen) atoms. The zero-order valence-electron chi connectivity index (χ0n) is 14.7. The van der Waals surface area contributed by atoms with Crippen molar-refractivity contribution >= 4 is 17.6 Å². The Morgan fingerprint density at radius 1 is 1.04 bits per heavy atom. The zero-order valence-corrected chi connectivity index (χ0v) is 14.7. The molecule has 0 atom stereocenters. The molecule has 0 radical (unpaired) electrons. The number of halogens is 1. The van der Waals surface area contributed by atoms with Crippen molar-refractivity contribution in [1.29, 1.82) is 0 Å². The second-order valence-corrected chi connectivity index (χ2v) is 5.81. The molecule has 0 unspecified atom stereocenters. The third-order valence-corrected chi connectivity index (χ3v) is 3.78. The number of hydrogen-bond acceptors (Lipinski definition) is 4. The van der Waals surface area contributed by atoms with Gasteiger partial charge in [-0.25, -0.2) is 9.18 Å². The van der Waals surface area contributed by atoms with E-state index in [0.29, 0.717) is 17.9 Å². The van der Waals surface area contributed by atoms with Gasteiger partial charge in [-0.05, 0) is 55.0 Å². The number of nitrogens with one attached hydrogen (secondary N) is 1. The molecule has 0 spiro atoms. The van der Waals surface area contributed by atoms with Crippen LogP contribution in [0.2, 0.25) is 0 Å². The van der Waals surface area contributed by atoms with Gasteiger partial charge in [0.1, 0.15) is 11.6 Å². The van der Waals surface area contributed by atoms with Gasteiger partial charge >= 0.3 is 5.97 Å². The number of anilines is 1. The van der Waals surface area contributed by atoms with E-state index < -0.39 is 17.7 Å². The Labute approximate surface area is 155 Å². The topological polar surface area (TPSA) is 68.5 Å². The van der Waals surface area contributed by atoms with Crippen molar-refractivity contribution < 1.29 is 23.1 Å².